The summed E-state index contributed by atoms with van der Waals surface area (Å²) in [6.45, 7) is 3.41. The highest BCUT2D eigenvalue weighted by atomic mass is 32.2. The van der Waals surface area contributed by atoms with E-state index in [0.717, 1.165) is 10.4 Å². The lowest BCUT2D eigenvalue weighted by Crippen LogP contribution is -2.46. The molecule has 0 saturated carbocycles. The van der Waals surface area contributed by atoms with Gasteiger partial charge in [0.2, 0.25) is 10.0 Å². The van der Waals surface area contributed by atoms with Gasteiger partial charge in [-0.05, 0) is 38.8 Å². The number of rotatable bonds is 6. The van der Waals surface area contributed by atoms with Crippen LogP contribution >= 0.6 is 0 Å². The summed E-state index contributed by atoms with van der Waals surface area (Å²) in [5.41, 5.74) is 0. The van der Waals surface area contributed by atoms with Gasteiger partial charge in [0.15, 0.2) is 6.10 Å². The van der Waals surface area contributed by atoms with Crippen LogP contribution in [-0.4, -0.2) is 56.4 Å². The van der Waals surface area contributed by atoms with Crippen LogP contribution in [0.4, 0.5) is 9.18 Å². The number of carbonyl (C=O) groups is 3. The van der Waals surface area contributed by atoms with Gasteiger partial charge in [-0.2, -0.15) is 4.31 Å². The molecule has 29 heavy (non-hydrogen) atoms. The Morgan fingerprint density at radius 1 is 1.24 bits per heavy atom. The molecule has 1 heterocycles. The molecule has 160 valence electrons. The van der Waals surface area contributed by atoms with E-state index >= 15 is 0 Å². The van der Waals surface area contributed by atoms with Crippen LogP contribution in [0, 0.1) is 11.7 Å². The maximum Gasteiger partial charge on any atom is 0.321 e. The summed E-state index contributed by atoms with van der Waals surface area (Å²) >= 11 is 0. The number of nitrogens with zero attached hydrogens (tertiary/aromatic N) is 1. The van der Waals surface area contributed by atoms with Crippen molar-refractivity contribution in [1.82, 2.24) is 14.9 Å². The zero-order chi connectivity index (χ0) is 21.6. The number of piperidine rings is 1. The van der Waals surface area contributed by atoms with Crippen LogP contribution in [0.2, 0.25) is 0 Å². The quantitative estimate of drug-likeness (QED) is 0.651. The molecule has 0 radical (unpaired) electrons. The second kappa shape index (κ2) is 9.79. The van der Waals surface area contributed by atoms with Crippen molar-refractivity contribution in [3.05, 3.63) is 30.1 Å². The summed E-state index contributed by atoms with van der Waals surface area (Å²) in [6, 6.07) is 4.42. The van der Waals surface area contributed by atoms with Crippen LogP contribution in [0.15, 0.2) is 29.2 Å². The number of amides is 3. The van der Waals surface area contributed by atoms with Crippen molar-refractivity contribution in [2.75, 3.05) is 19.6 Å². The Kier molecular flexibility index (Phi) is 7.68. The Labute approximate surface area is 168 Å². The van der Waals surface area contributed by atoms with Crippen molar-refractivity contribution < 1.29 is 31.9 Å². The highest BCUT2D eigenvalue weighted by molar-refractivity contribution is 7.89. The first-order valence-electron chi connectivity index (χ1n) is 9.20. The van der Waals surface area contributed by atoms with E-state index in [1.165, 1.54) is 25.1 Å². The van der Waals surface area contributed by atoms with E-state index in [1.807, 2.05) is 0 Å². The molecule has 0 bridgehead atoms. The average molecular weight is 429 g/mol. The number of carbonyl (C=O) groups excluding carboxylic acids is 3. The summed E-state index contributed by atoms with van der Waals surface area (Å²) < 4.78 is 45.3. The van der Waals surface area contributed by atoms with Crippen molar-refractivity contribution in [3.63, 3.8) is 0 Å². The van der Waals surface area contributed by atoms with Crippen molar-refractivity contribution in [1.29, 1.82) is 0 Å². The maximum absolute atomic E-state index is 13.9. The van der Waals surface area contributed by atoms with E-state index in [-0.39, 0.29) is 25.9 Å². The number of ether oxygens (including phenoxy) is 1. The van der Waals surface area contributed by atoms with Gasteiger partial charge in [0.1, 0.15) is 10.7 Å². The first-order chi connectivity index (χ1) is 13.7. The topological polar surface area (TPSA) is 122 Å². The second-order valence-electron chi connectivity index (χ2n) is 6.54. The SMILES string of the molecule is CCNC(=O)NC(=O)[C@H](C)OC(=O)C1CCN(S(=O)(=O)c2ccccc2F)CC1. The fourth-order valence-corrected chi connectivity index (χ4v) is 4.40. The van der Waals surface area contributed by atoms with Gasteiger partial charge < -0.3 is 10.1 Å². The van der Waals surface area contributed by atoms with Crippen LogP contribution in [0.25, 0.3) is 0 Å². The third-order valence-corrected chi connectivity index (χ3v) is 6.41. The third kappa shape index (κ3) is 5.73. The molecule has 11 heteroatoms. The number of esters is 1. The standard InChI is InChI=1S/C18H24FN3O6S/c1-3-20-18(25)21-16(23)12(2)28-17(24)13-8-10-22(11-9-13)29(26,27)15-7-5-4-6-14(15)19/h4-7,12-13H,3,8-11H2,1-2H3,(H2,20,21,23,25)/t12-/m0/s1. The Bertz CT molecular complexity index is 868. The fraction of sp³-hybridized carbons (Fsp3) is 0.500. The molecule has 3 amide bonds. The fourth-order valence-electron chi connectivity index (χ4n) is 2.87. The van der Waals surface area contributed by atoms with Crippen molar-refractivity contribution >= 4 is 27.9 Å². The maximum atomic E-state index is 13.9. The normalized spacial score (nSPS) is 16.7. The van der Waals surface area contributed by atoms with Gasteiger partial charge in [0.25, 0.3) is 5.91 Å². The van der Waals surface area contributed by atoms with Crippen LogP contribution in [0.3, 0.4) is 0 Å². The van der Waals surface area contributed by atoms with Crippen LogP contribution < -0.4 is 10.6 Å². The van der Waals surface area contributed by atoms with Crippen LogP contribution in [-0.2, 0) is 24.3 Å². The lowest BCUT2D eigenvalue weighted by Gasteiger charge is -2.30. The number of hydrogen-bond donors (Lipinski definition) is 2. The zero-order valence-corrected chi connectivity index (χ0v) is 17.0. The molecular weight excluding hydrogens is 405 g/mol. The molecule has 0 aromatic heterocycles. The average Bonchev–Trinajstić information content (AvgIpc) is 2.68. The molecule has 1 atom stereocenters. The molecule has 1 aliphatic rings. The lowest BCUT2D eigenvalue weighted by molar-refractivity contribution is -0.159. The summed E-state index contributed by atoms with van der Waals surface area (Å²) in [7, 11) is -4.00. The molecule has 2 rings (SSSR count). The second-order valence-corrected chi connectivity index (χ2v) is 8.44. The van der Waals surface area contributed by atoms with Gasteiger partial charge in [0, 0.05) is 19.6 Å². The van der Waals surface area contributed by atoms with Gasteiger partial charge in [-0.25, -0.2) is 17.6 Å². The number of imide groups is 1. The van der Waals surface area contributed by atoms with Crippen LogP contribution in [0.1, 0.15) is 26.7 Å². The van der Waals surface area contributed by atoms with Gasteiger partial charge >= 0.3 is 12.0 Å². The zero-order valence-electron chi connectivity index (χ0n) is 16.2. The molecule has 1 fully saturated rings. The van der Waals surface area contributed by atoms with Crippen molar-refractivity contribution in [2.45, 2.75) is 37.7 Å². The Hall–Kier alpha value is -2.53. The van der Waals surface area contributed by atoms with Gasteiger partial charge in [0.05, 0.1) is 5.92 Å². The van der Waals surface area contributed by atoms with Crippen molar-refractivity contribution in [3.8, 4) is 0 Å². The van der Waals surface area contributed by atoms with Crippen LogP contribution in [0.5, 0.6) is 0 Å². The third-order valence-electron chi connectivity index (χ3n) is 4.48. The molecule has 0 spiro atoms. The number of urea groups is 1. The Morgan fingerprint density at radius 2 is 1.86 bits per heavy atom. The summed E-state index contributed by atoms with van der Waals surface area (Å²) in [4.78, 5) is 35.1. The van der Waals surface area contributed by atoms with Crippen molar-refractivity contribution in [2.24, 2.45) is 5.92 Å². The number of hydrogen-bond acceptors (Lipinski definition) is 6. The molecule has 1 aliphatic heterocycles. The molecule has 1 saturated heterocycles. The van der Waals surface area contributed by atoms with Gasteiger partial charge in [-0.15, -0.1) is 0 Å². The minimum absolute atomic E-state index is 0.0237. The molecule has 0 unspecified atom stereocenters. The lowest BCUT2D eigenvalue weighted by atomic mass is 9.98. The molecule has 1 aromatic carbocycles. The highest BCUT2D eigenvalue weighted by Crippen LogP contribution is 2.26. The number of halogens is 1. The number of sulfonamides is 1. The predicted molar refractivity (Wildman–Crippen MR) is 101 cm³/mol. The largest absolute Gasteiger partial charge is 0.452 e. The molecule has 1 aromatic rings. The summed E-state index contributed by atoms with van der Waals surface area (Å²) in [6.07, 6.45) is -0.820. The van der Waals surface area contributed by atoms with Gasteiger partial charge in [-0.1, -0.05) is 12.1 Å². The minimum atomic E-state index is -4.00. The summed E-state index contributed by atoms with van der Waals surface area (Å²) in [5, 5.41) is 4.43. The van der Waals surface area contributed by atoms with E-state index in [9.17, 15) is 27.2 Å². The highest BCUT2D eigenvalue weighted by Gasteiger charge is 2.35. The predicted octanol–water partition coefficient (Wildman–Crippen LogP) is 1.00. The first-order valence-corrected chi connectivity index (χ1v) is 10.6. The molecule has 9 nitrogen and oxygen atoms in total. The molecular formula is C18H24FN3O6S. The molecule has 0 aliphatic carbocycles. The Balaban J connectivity index is 1.90. The molecule has 2 N–H and O–H groups in total. The van der Waals surface area contributed by atoms with E-state index in [0.29, 0.717) is 6.54 Å². The summed E-state index contributed by atoms with van der Waals surface area (Å²) in [5.74, 6) is -2.84. The van der Waals surface area contributed by atoms with E-state index < -0.39 is 50.7 Å². The first kappa shape index (κ1) is 22.8. The van der Waals surface area contributed by atoms with E-state index in [2.05, 4.69) is 10.6 Å². The minimum Gasteiger partial charge on any atom is -0.452 e. The van der Waals surface area contributed by atoms with E-state index in [1.54, 1.807) is 6.92 Å². The monoisotopic (exact) mass is 429 g/mol. The number of benzene rings is 1. The van der Waals surface area contributed by atoms with E-state index in [4.69, 9.17) is 4.74 Å². The Morgan fingerprint density at radius 3 is 2.45 bits per heavy atom. The smallest absolute Gasteiger partial charge is 0.321 e. The van der Waals surface area contributed by atoms with Gasteiger partial charge in [-0.3, -0.25) is 14.9 Å². The number of nitrogens with one attached hydrogen (secondary N) is 2.